The molecule has 2 rings (SSSR count). The van der Waals surface area contributed by atoms with Crippen molar-refractivity contribution < 1.29 is 9.53 Å². The average Bonchev–Trinajstić information content (AvgIpc) is 3.03. The van der Waals surface area contributed by atoms with Gasteiger partial charge in [0.2, 0.25) is 5.91 Å². The number of hydrogen-bond donors (Lipinski definition) is 2. The van der Waals surface area contributed by atoms with Crippen LogP contribution in [-0.4, -0.2) is 62.2 Å². The summed E-state index contributed by atoms with van der Waals surface area (Å²) in [5.74, 6) is 1.34. The zero-order valence-electron chi connectivity index (χ0n) is 17.1. The van der Waals surface area contributed by atoms with Crippen molar-refractivity contribution in [1.29, 1.82) is 0 Å². The van der Waals surface area contributed by atoms with Crippen LogP contribution >= 0.6 is 0 Å². The van der Waals surface area contributed by atoms with Gasteiger partial charge >= 0.3 is 0 Å². The molecule has 1 fully saturated rings. The molecular formula is C21H34N4O2. The summed E-state index contributed by atoms with van der Waals surface area (Å²) in [5, 5.41) is 6.64. The quantitative estimate of drug-likeness (QED) is 0.513. The zero-order chi connectivity index (χ0) is 19.7. The van der Waals surface area contributed by atoms with E-state index in [0.717, 1.165) is 38.6 Å². The molecule has 0 radical (unpaired) electrons. The predicted molar refractivity (Wildman–Crippen MR) is 110 cm³/mol. The Labute approximate surface area is 163 Å². The second kappa shape index (κ2) is 10.3. The molecular weight excluding hydrogens is 340 g/mol. The Morgan fingerprint density at radius 1 is 1.30 bits per heavy atom. The van der Waals surface area contributed by atoms with E-state index >= 15 is 0 Å². The first-order valence-corrected chi connectivity index (χ1v) is 9.82. The number of aliphatic imine (C=N–C) groups is 1. The predicted octanol–water partition coefficient (Wildman–Crippen LogP) is 2.06. The lowest BCUT2D eigenvalue weighted by molar-refractivity contribution is -0.127. The highest BCUT2D eigenvalue weighted by Crippen LogP contribution is 2.17. The molecule has 0 aliphatic carbocycles. The minimum atomic E-state index is -0.292. The van der Waals surface area contributed by atoms with E-state index < -0.39 is 0 Å². The topological polar surface area (TPSA) is 66.0 Å². The van der Waals surface area contributed by atoms with Crippen LogP contribution in [0.2, 0.25) is 0 Å². The van der Waals surface area contributed by atoms with E-state index in [1.165, 1.54) is 5.56 Å². The van der Waals surface area contributed by atoms with Gasteiger partial charge in [-0.2, -0.15) is 0 Å². The van der Waals surface area contributed by atoms with Crippen LogP contribution in [0.25, 0.3) is 0 Å². The maximum Gasteiger partial charge on any atom is 0.223 e. The molecule has 0 spiro atoms. The Morgan fingerprint density at radius 2 is 2.04 bits per heavy atom. The van der Waals surface area contributed by atoms with Crippen molar-refractivity contribution in [2.45, 2.75) is 39.2 Å². The number of benzene rings is 1. The Morgan fingerprint density at radius 3 is 2.70 bits per heavy atom. The van der Waals surface area contributed by atoms with Gasteiger partial charge in [0, 0.05) is 45.6 Å². The van der Waals surface area contributed by atoms with Gasteiger partial charge in [0.15, 0.2) is 5.96 Å². The van der Waals surface area contributed by atoms with E-state index in [-0.39, 0.29) is 11.5 Å². The molecule has 2 N–H and O–H groups in total. The number of carbonyl (C=O) groups is 1. The van der Waals surface area contributed by atoms with Gasteiger partial charge in [-0.3, -0.25) is 9.79 Å². The number of carbonyl (C=O) groups excluding carboxylic acids is 1. The summed E-state index contributed by atoms with van der Waals surface area (Å²) < 4.78 is 5.42. The standard InChI is InChI=1S/C21H34N4O2/c1-5-22-20(24-16-21(2,3)27-4)23-14-18-13-19(26)25(15-18)12-11-17-9-7-6-8-10-17/h6-10,18H,5,11-16H2,1-4H3,(H2,22,23,24). The molecule has 0 aromatic heterocycles. The van der Waals surface area contributed by atoms with Crippen molar-refractivity contribution in [3.8, 4) is 0 Å². The van der Waals surface area contributed by atoms with Crippen LogP contribution in [0.5, 0.6) is 0 Å². The maximum atomic E-state index is 12.3. The highest BCUT2D eigenvalue weighted by molar-refractivity contribution is 5.81. The van der Waals surface area contributed by atoms with Gasteiger partial charge in [-0.05, 0) is 32.8 Å². The average molecular weight is 375 g/mol. The highest BCUT2D eigenvalue weighted by atomic mass is 16.5. The summed E-state index contributed by atoms with van der Waals surface area (Å²) in [6, 6.07) is 10.3. The lowest BCUT2D eigenvalue weighted by Gasteiger charge is -2.22. The van der Waals surface area contributed by atoms with Crippen LogP contribution in [0.3, 0.4) is 0 Å². The minimum absolute atomic E-state index is 0.250. The van der Waals surface area contributed by atoms with Crippen molar-refractivity contribution >= 4 is 11.9 Å². The number of nitrogens with one attached hydrogen (secondary N) is 2. The van der Waals surface area contributed by atoms with E-state index in [4.69, 9.17) is 4.74 Å². The zero-order valence-corrected chi connectivity index (χ0v) is 17.1. The summed E-state index contributed by atoms with van der Waals surface area (Å²) in [6.45, 7) is 9.78. The van der Waals surface area contributed by atoms with Crippen LogP contribution in [0, 0.1) is 5.92 Å². The third-order valence-corrected chi connectivity index (χ3v) is 4.88. The van der Waals surface area contributed by atoms with Crippen LogP contribution in [-0.2, 0) is 16.0 Å². The molecule has 1 atom stereocenters. The number of hydrogen-bond acceptors (Lipinski definition) is 3. The van der Waals surface area contributed by atoms with E-state index in [2.05, 4.69) is 27.8 Å². The van der Waals surface area contributed by atoms with Crippen molar-refractivity contribution in [1.82, 2.24) is 15.5 Å². The lowest BCUT2D eigenvalue weighted by Crippen LogP contribution is -2.41. The number of likely N-dealkylation sites (tertiary alicyclic amines) is 1. The third-order valence-electron chi connectivity index (χ3n) is 4.88. The fourth-order valence-corrected chi connectivity index (χ4v) is 3.03. The van der Waals surface area contributed by atoms with E-state index in [1.807, 2.05) is 43.9 Å². The maximum absolute atomic E-state index is 12.3. The van der Waals surface area contributed by atoms with Gasteiger partial charge in [-0.15, -0.1) is 0 Å². The number of methoxy groups -OCH3 is 1. The van der Waals surface area contributed by atoms with Crippen molar-refractivity contribution in [3.05, 3.63) is 35.9 Å². The summed E-state index contributed by atoms with van der Waals surface area (Å²) in [6.07, 6.45) is 1.51. The van der Waals surface area contributed by atoms with Crippen molar-refractivity contribution in [2.75, 3.05) is 39.8 Å². The molecule has 150 valence electrons. The smallest absolute Gasteiger partial charge is 0.223 e. The Kier molecular flexibility index (Phi) is 8.10. The molecule has 1 aromatic rings. The van der Waals surface area contributed by atoms with Gasteiger partial charge < -0.3 is 20.3 Å². The van der Waals surface area contributed by atoms with Crippen molar-refractivity contribution in [2.24, 2.45) is 10.9 Å². The molecule has 1 amide bonds. The van der Waals surface area contributed by atoms with Gasteiger partial charge in [0.05, 0.1) is 12.1 Å². The van der Waals surface area contributed by atoms with Crippen molar-refractivity contribution in [3.63, 3.8) is 0 Å². The Balaban J connectivity index is 1.80. The van der Waals surface area contributed by atoms with Crippen LogP contribution in [0.1, 0.15) is 32.8 Å². The molecule has 1 aliphatic rings. The first kappa shape index (κ1) is 21.2. The first-order valence-electron chi connectivity index (χ1n) is 9.82. The molecule has 1 unspecified atom stereocenters. The first-order chi connectivity index (χ1) is 12.9. The third kappa shape index (κ3) is 7.21. The number of rotatable bonds is 9. The van der Waals surface area contributed by atoms with Gasteiger partial charge in [-0.25, -0.2) is 0 Å². The lowest BCUT2D eigenvalue weighted by atomic mass is 10.1. The number of nitrogens with zero attached hydrogens (tertiary/aromatic N) is 2. The summed E-state index contributed by atoms with van der Waals surface area (Å²) in [4.78, 5) is 18.9. The van der Waals surface area contributed by atoms with Crippen LogP contribution in [0.15, 0.2) is 35.3 Å². The molecule has 6 nitrogen and oxygen atoms in total. The molecule has 1 saturated heterocycles. The van der Waals surface area contributed by atoms with E-state index in [0.29, 0.717) is 18.9 Å². The second-order valence-corrected chi connectivity index (χ2v) is 7.69. The van der Waals surface area contributed by atoms with Crippen LogP contribution < -0.4 is 10.6 Å². The van der Waals surface area contributed by atoms with Gasteiger partial charge in [0.25, 0.3) is 0 Å². The fourth-order valence-electron chi connectivity index (χ4n) is 3.03. The Bertz CT molecular complexity index is 616. The normalized spacial score (nSPS) is 18.1. The molecule has 27 heavy (non-hydrogen) atoms. The molecule has 6 heteroatoms. The monoisotopic (exact) mass is 374 g/mol. The summed E-state index contributed by atoms with van der Waals surface area (Å²) in [5.41, 5.74) is 0.981. The molecule has 1 aromatic carbocycles. The second-order valence-electron chi connectivity index (χ2n) is 7.69. The van der Waals surface area contributed by atoms with Crippen LogP contribution in [0.4, 0.5) is 0 Å². The van der Waals surface area contributed by atoms with E-state index in [9.17, 15) is 4.79 Å². The molecule has 1 heterocycles. The van der Waals surface area contributed by atoms with Gasteiger partial charge in [-0.1, -0.05) is 30.3 Å². The SMILES string of the molecule is CCNC(=NCC(C)(C)OC)NCC1CC(=O)N(CCc2ccccc2)C1. The molecule has 1 aliphatic heterocycles. The number of guanidine groups is 1. The van der Waals surface area contributed by atoms with E-state index in [1.54, 1.807) is 7.11 Å². The largest absolute Gasteiger partial charge is 0.377 e. The highest BCUT2D eigenvalue weighted by Gasteiger charge is 2.29. The fraction of sp³-hybridized carbons (Fsp3) is 0.619. The molecule has 0 saturated carbocycles. The summed E-state index contributed by atoms with van der Waals surface area (Å²) >= 11 is 0. The molecule has 0 bridgehead atoms. The number of ether oxygens (including phenoxy) is 1. The number of amides is 1. The Hall–Kier alpha value is -2.08. The van der Waals surface area contributed by atoms with Gasteiger partial charge in [0.1, 0.15) is 0 Å². The minimum Gasteiger partial charge on any atom is -0.377 e. The summed E-state index contributed by atoms with van der Waals surface area (Å²) in [7, 11) is 1.70.